The summed E-state index contributed by atoms with van der Waals surface area (Å²) in [7, 11) is 0. The minimum Gasteiger partial charge on any atom is -0.267 e. The number of carbonyl (C=O) groups excluding carboxylic acids is 1. The first-order chi connectivity index (χ1) is 10.5. The predicted octanol–water partition coefficient (Wildman–Crippen LogP) is 0.990. The first-order valence-electron chi connectivity index (χ1n) is 5.74. The van der Waals surface area contributed by atoms with Crippen molar-refractivity contribution in [1.29, 1.82) is 0 Å². The van der Waals surface area contributed by atoms with Gasteiger partial charge in [0.1, 0.15) is 6.20 Å². The molecule has 0 saturated heterocycles. The van der Waals surface area contributed by atoms with Crippen molar-refractivity contribution in [1.82, 2.24) is 15.6 Å². The minimum atomic E-state index is -0.831. The molecule has 0 aliphatic rings. The van der Waals surface area contributed by atoms with Crippen LogP contribution in [0.4, 0.5) is 11.4 Å². The Morgan fingerprint density at radius 2 is 1.91 bits per heavy atom. The molecule has 11 heteroatoms. The van der Waals surface area contributed by atoms with Crippen LogP contribution in [0.3, 0.4) is 0 Å². The van der Waals surface area contributed by atoms with E-state index in [-0.39, 0.29) is 11.4 Å². The molecule has 1 heterocycles. The number of rotatable bonds is 5. The van der Waals surface area contributed by atoms with Gasteiger partial charge in [0.05, 0.1) is 16.1 Å². The van der Waals surface area contributed by atoms with Gasteiger partial charge in [-0.1, -0.05) is 0 Å². The van der Waals surface area contributed by atoms with Gasteiger partial charge in [0.15, 0.2) is 0 Å². The van der Waals surface area contributed by atoms with E-state index in [1.54, 1.807) is 0 Å². The SMILES string of the molecule is O=C(N/N=C\c1ccc([N+](=O)[O-])cc1)c1[nH]ncc1[N+](=O)[O-]. The largest absolute Gasteiger partial charge is 0.319 e. The summed E-state index contributed by atoms with van der Waals surface area (Å²) >= 11 is 0. The predicted molar refractivity (Wildman–Crippen MR) is 73.4 cm³/mol. The number of H-pyrrole nitrogens is 1. The second-order valence-corrected chi connectivity index (χ2v) is 3.94. The quantitative estimate of drug-likeness (QED) is 0.476. The lowest BCUT2D eigenvalue weighted by Crippen LogP contribution is -2.19. The molecular weight excluding hydrogens is 296 g/mol. The summed E-state index contributed by atoms with van der Waals surface area (Å²) < 4.78 is 0. The Hall–Kier alpha value is -3.63. The lowest BCUT2D eigenvalue weighted by molar-refractivity contribution is -0.385. The molecule has 0 fully saturated rings. The molecule has 1 aromatic heterocycles. The first-order valence-corrected chi connectivity index (χ1v) is 5.74. The number of nitrogens with one attached hydrogen (secondary N) is 2. The van der Waals surface area contributed by atoms with E-state index >= 15 is 0 Å². The molecule has 0 saturated carbocycles. The fraction of sp³-hybridized carbons (Fsp3) is 0. The van der Waals surface area contributed by atoms with Crippen molar-refractivity contribution in [2.45, 2.75) is 0 Å². The maximum Gasteiger partial charge on any atom is 0.319 e. The lowest BCUT2D eigenvalue weighted by Gasteiger charge is -1.96. The number of hydrazone groups is 1. The van der Waals surface area contributed by atoms with E-state index < -0.39 is 21.4 Å². The van der Waals surface area contributed by atoms with Crippen molar-refractivity contribution >= 4 is 23.5 Å². The highest BCUT2D eigenvalue weighted by Gasteiger charge is 2.22. The van der Waals surface area contributed by atoms with E-state index in [1.165, 1.54) is 30.5 Å². The molecule has 0 atom stereocenters. The van der Waals surface area contributed by atoms with Crippen LogP contribution in [-0.2, 0) is 0 Å². The summed E-state index contributed by atoms with van der Waals surface area (Å²) in [6, 6.07) is 5.44. The summed E-state index contributed by atoms with van der Waals surface area (Å²) in [5.41, 5.74) is 1.72. The molecule has 2 rings (SSSR count). The van der Waals surface area contributed by atoms with Crippen molar-refractivity contribution in [2.24, 2.45) is 5.10 Å². The summed E-state index contributed by atoms with van der Waals surface area (Å²) in [5.74, 6) is -0.831. The maximum atomic E-state index is 11.7. The van der Waals surface area contributed by atoms with Crippen LogP contribution < -0.4 is 5.43 Å². The number of nitrogens with zero attached hydrogens (tertiary/aromatic N) is 4. The Kier molecular flexibility index (Phi) is 4.17. The summed E-state index contributed by atoms with van der Waals surface area (Å²) in [5, 5.41) is 30.4. The van der Waals surface area contributed by atoms with Crippen LogP contribution in [0.25, 0.3) is 0 Å². The average Bonchev–Trinajstić information content (AvgIpc) is 2.97. The van der Waals surface area contributed by atoms with Gasteiger partial charge in [-0.15, -0.1) is 0 Å². The van der Waals surface area contributed by atoms with Gasteiger partial charge < -0.3 is 0 Å². The highest BCUT2D eigenvalue weighted by molar-refractivity contribution is 5.96. The fourth-order valence-electron chi connectivity index (χ4n) is 1.49. The second kappa shape index (κ2) is 6.21. The van der Waals surface area contributed by atoms with Crippen molar-refractivity contribution < 1.29 is 14.6 Å². The zero-order chi connectivity index (χ0) is 16.1. The number of nitro benzene ring substituents is 1. The van der Waals surface area contributed by atoms with E-state index in [4.69, 9.17) is 0 Å². The van der Waals surface area contributed by atoms with Gasteiger partial charge in [-0.3, -0.25) is 30.1 Å². The zero-order valence-corrected chi connectivity index (χ0v) is 10.8. The summed E-state index contributed by atoms with van der Waals surface area (Å²) in [4.78, 5) is 31.5. The number of benzene rings is 1. The van der Waals surface area contributed by atoms with Gasteiger partial charge in [-0.05, 0) is 17.7 Å². The Morgan fingerprint density at radius 3 is 2.50 bits per heavy atom. The van der Waals surface area contributed by atoms with Crippen LogP contribution in [0.15, 0.2) is 35.6 Å². The number of hydrogen-bond acceptors (Lipinski definition) is 7. The van der Waals surface area contributed by atoms with Gasteiger partial charge in [0.25, 0.3) is 11.6 Å². The van der Waals surface area contributed by atoms with Crippen LogP contribution in [0, 0.1) is 20.2 Å². The van der Waals surface area contributed by atoms with E-state index in [1.807, 2.05) is 0 Å². The third-order valence-corrected chi connectivity index (χ3v) is 2.53. The number of amides is 1. The van der Waals surface area contributed by atoms with Gasteiger partial charge in [-0.2, -0.15) is 10.2 Å². The van der Waals surface area contributed by atoms with Crippen molar-refractivity contribution in [3.8, 4) is 0 Å². The summed E-state index contributed by atoms with van der Waals surface area (Å²) in [6.07, 6.45) is 2.15. The number of nitro groups is 2. The first kappa shape index (κ1) is 14.8. The van der Waals surface area contributed by atoms with Crippen LogP contribution in [0.2, 0.25) is 0 Å². The lowest BCUT2D eigenvalue weighted by atomic mass is 10.2. The molecule has 22 heavy (non-hydrogen) atoms. The molecule has 0 aliphatic heterocycles. The van der Waals surface area contributed by atoms with Gasteiger partial charge in [0, 0.05) is 12.1 Å². The molecule has 1 aromatic carbocycles. The third kappa shape index (κ3) is 3.27. The van der Waals surface area contributed by atoms with E-state index in [0.29, 0.717) is 5.56 Å². The van der Waals surface area contributed by atoms with Crippen molar-refractivity contribution in [2.75, 3.05) is 0 Å². The topological polar surface area (TPSA) is 156 Å². The number of aromatic nitrogens is 2. The molecule has 2 N–H and O–H groups in total. The van der Waals surface area contributed by atoms with Crippen LogP contribution >= 0.6 is 0 Å². The number of aromatic amines is 1. The summed E-state index contributed by atoms with van der Waals surface area (Å²) in [6.45, 7) is 0. The van der Waals surface area contributed by atoms with Crippen LogP contribution in [0.5, 0.6) is 0 Å². The molecule has 112 valence electrons. The van der Waals surface area contributed by atoms with Gasteiger partial charge >= 0.3 is 5.69 Å². The number of non-ortho nitro benzene ring substituents is 1. The minimum absolute atomic E-state index is 0.0747. The van der Waals surface area contributed by atoms with E-state index in [9.17, 15) is 25.0 Å². The van der Waals surface area contributed by atoms with Crippen molar-refractivity contribution in [3.63, 3.8) is 0 Å². The second-order valence-electron chi connectivity index (χ2n) is 3.94. The monoisotopic (exact) mass is 304 g/mol. The Balaban J connectivity index is 2.02. The molecule has 11 nitrogen and oxygen atoms in total. The standard InChI is InChI=1S/C11H8N6O5/c18-11(10-9(17(21)22)6-13-14-10)15-12-5-7-1-3-8(4-2-7)16(19)20/h1-6H,(H,13,14)(H,15,18)/b12-5-. The molecule has 0 aliphatic carbocycles. The average molecular weight is 304 g/mol. The number of hydrogen-bond donors (Lipinski definition) is 2. The van der Waals surface area contributed by atoms with Gasteiger partial charge in [-0.25, -0.2) is 5.43 Å². The maximum absolute atomic E-state index is 11.7. The fourth-order valence-corrected chi connectivity index (χ4v) is 1.49. The Labute approximate surface area is 121 Å². The highest BCUT2D eigenvalue weighted by Crippen LogP contribution is 2.14. The molecule has 0 spiro atoms. The van der Waals surface area contributed by atoms with Crippen LogP contribution in [0.1, 0.15) is 16.1 Å². The van der Waals surface area contributed by atoms with Crippen molar-refractivity contribution in [3.05, 3.63) is 61.9 Å². The highest BCUT2D eigenvalue weighted by atomic mass is 16.6. The Bertz CT molecular complexity index is 751. The molecule has 0 bridgehead atoms. The molecule has 1 amide bonds. The molecule has 2 aromatic rings. The zero-order valence-electron chi connectivity index (χ0n) is 10.8. The number of carbonyl (C=O) groups is 1. The van der Waals surface area contributed by atoms with E-state index in [2.05, 4.69) is 20.7 Å². The third-order valence-electron chi connectivity index (χ3n) is 2.53. The van der Waals surface area contributed by atoms with Crippen LogP contribution in [-0.4, -0.2) is 32.2 Å². The molecule has 0 radical (unpaired) electrons. The Morgan fingerprint density at radius 1 is 1.23 bits per heavy atom. The van der Waals surface area contributed by atoms with E-state index in [0.717, 1.165) is 6.20 Å². The molecule has 0 unspecified atom stereocenters. The van der Waals surface area contributed by atoms with Gasteiger partial charge in [0.2, 0.25) is 5.69 Å². The smallest absolute Gasteiger partial charge is 0.267 e. The normalized spacial score (nSPS) is 10.5. The molecular formula is C11H8N6O5.